The SMILES string of the molecule is C[C@H]1CN(c2ccnc(Nc3cnn(C)c3)n2)CCN1C(=O)C1CC1(F)F. The van der Waals surface area contributed by atoms with Crippen LogP contribution in [0.15, 0.2) is 24.7 Å². The van der Waals surface area contributed by atoms with Gasteiger partial charge in [-0.25, -0.2) is 13.8 Å². The van der Waals surface area contributed by atoms with Crippen molar-refractivity contribution in [2.24, 2.45) is 13.0 Å². The molecule has 0 spiro atoms. The molecule has 1 unspecified atom stereocenters. The fraction of sp³-hybridized carbons (Fsp3) is 0.529. The number of rotatable bonds is 4. The van der Waals surface area contributed by atoms with Gasteiger partial charge in [-0.1, -0.05) is 0 Å². The maximum absolute atomic E-state index is 13.2. The van der Waals surface area contributed by atoms with Gasteiger partial charge in [-0.3, -0.25) is 9.48 Å². The Balaban J connectivity index is 1.41. The summed E-state index contributed by atoms with van der Waals surface area (Å²) in [5.74, 6) is -3.22. The predicted molar refractivity (Wildman–Crippen MR) is 95.0 cm³/mol. The van der Waals surface area contributed by atoms with Crippen LogP contribution in [0.2, 0.25) is 0 Å². The molecule has 2 aliphatic rings. The lowest BCUT2D eigenvalue weighted by atomic mass is 10.1. The molecule has 8 nitrogen and oxygen atoms in total. The number of halogens is 2. The molecule has 2 aromatic rings. The van der Waals surface area contributed by atoms with Gasteiger partial charge in [-0.15, -0.1) is 0 Å². The first-order valence-electron chi connectivity index (χ1n) is 8.85. The highest BCUT2D eigenvalue weighted by molar-refractivity contribution is 5.83. The summed E-state index contributed by atoms with van der Waals surface area (Å²) in [5, 5.41) is 7.18. The van der Waals surface area contributed by atoms with Gasteiger partial charge in [0, 0.05) is 51.5 Å². The summed E-state index contributed by atoms with van der Waals surface area (Å²) in [6.07, 6.45) is 4.83. The number of anilines is 3. The van der Waals surface area contributed by atoms with Gasteiger partial charge < -0.3 is 15.1 Å². The van der Waals surface area contributed by atoms with E-state index in [1.807, 2.05) is 25.1 Å². The number of carbonyl (C=O) groups excluding carboxylic acids is 1. The van der Waals surface area contributed by atoms with E-state index in [1.165, 1.54) is 0 Å². The number of carbonyl (C=O) groups is 1. The van der Waals surface area contributed by atoms with Crippen molar-refractivity contribution in [2.75, 3.05) is 29.9 Å². The minimum absolute atomic E-state index is 0.160. The van der Waals surface area contributed by atoms with E-state index in [4.69, 9.17) is 0 Å². The van der Waals surface area contributed by atoms with Crippen molar-refractivity contribution < 1.29 is 13.6 Å². The van der Waals surface area contributed by atoms with Gasteiger partial charge in [-0.2, -0.15) is 10.1 Å². The van der Waals surface area contributed by atoms with Crippen molar-refractivity contribution in [3.63, 3.8) is 0 Å². The Bertz CT molecular complexity index is 855. The van der Waals surface area contributed by atoms with Crippen molar-refractivity contribution in [3.8, 4) is 0 Å². The molecule has 1 aliphatic heterocycles. The fourth-order valence-electron chi connectivity index (χ4n) is 3.37. The topological polar surface area (TPSA) is 79.2 Å². The summed E-state index contributed by atoms with van der Waals surface area (Å²) >= 11 is 0. The first-order chi connectivity index (χ1) is 12.8. The summed E-state index contributed by atoms with van der Waals surface area (Å²) in [6.45, 7) is 3.35. The van der Waals surface area contributed by atoms with Crippen molar-refractivity contribution in [1.82, 2.24) is 24.6 Å². The normalized spacial score (nSPS) is 24.0. The molecule has 144 valence electrons. The van der Waals surface area contributed by atoms with E-state index in [1.54, 1.807) is 28.0 Å². The van der Waals surface area contributed by atoms with Crippen LogP contribution in [0.1, 0.15) is 13.3 Å². The average Bonchev–Trinajstić information content (AvgIpc) is 3.08. The molecule has 0 aromatic carbocycles. The second kappa shape index (κ2) is 6.43. The summed E-state index contributed by atoms with van der Waals surface area (Å²) < 4.78 is 28.1. The van der Waals surface area contributed by atoms with E-state index in [0.29, 0.717) is 25.6 Å². The number of aromatic nitrogens is 4. The molecular weight excluding hydrogens is 356 g/mol. The first kappa shape index (κ1) is 17.6. The number of nitrogens with one attached hydrogen (secondary N) is 1. The third-order valence-corrected chi connectivity index (χ3v) is 4.96. The monoisotopic (exact) mass is 377 g/mol. The largest absolute Gasteiger partial charge is 0.353 e. The first-order valence-corrected chi connectivity index (χ1v) is 8.85. The zero-order chi connectivity index (χ0) is 19.2. The van der Waals surface area contributed by atoms with Gasteiger partial charge in [-0.05, 0) is 13.0 Å². The highest BCUT2D eigenvalue weighted by atomic mass is 19.3. The van der Waals surface area contributed by atoms with Crippen LogP contribution < -0.4 is 10.2 Å². The van der Waals surface area contributed by atoms with E-state index in [2.05, 4.69) is 20.4 Å². The maximum atomic E-state index is 13.2. The van der Waals surface area contributed by atoms with E-state index in [0.717, 1.165) is 11.5 Å². The Morgan fingerprint density at radius 3 is 2.78 bits per heavy atom. The number of alkyl halides is 2. The van der Waals surface area contributed by atoms with Gasteiger partial charge >= 0.3 is 0 Å². The fourth-order valence-corrected chi connectivity index (χ4v) is 3.37. The summed E-state index contributed by atoms with van der Waals surface area (Å²) in [7, 11) is 1.82. The molecule has 1 amide bonds. The quantitative estimate of drug-likeness (QED) is 0.873. The second-order valence-electron chi connectivity index (χ2n) is 7.11. The average molecular weight is 377 g/mol. The number of aryl methyl sites for hydroxylation is 1. The van der Waals surface area contributed by atoms with Gasteiger partial charge in [0.2, 0.25) is 11.9 Å². The van der Waals surface area contributed by atoms with Crippen LogP contribution in [0.25, 0.3) is 0 Å². The lowest BCUT2D eigenvalue weighted by Gasteiger charge is -2.40. The third-order valence-electron chi connectivity index (χ3n) is 4.96. The van der Waals surface area contributed by atoms with Crippen LogP contribution in [0.3, 0.4) is 0 Å². The molecule has 2 atom stereocenters. The Morgan fingerprint density at radius 2 is 2.15 bits per heavy atom. The number of piperazine rings is 1. The van der Waals surface area contributed by atoms with Crippen molar-refractivity contribution in [1.29, 1.82) is 0 Å². The van der Waals surface area contributed by atoms with Crippen molar-refractivity contribution in [2.45, 2.75) is 25.3 Å². The molecule has 2 fully saturated rings. The van der Waals surface area contributed by atoms with E-state index < -0.39 is 17.7 Å². The summed E-state index contributed by atoms with van der Waals surface area (Å²) in [5.41, 5.74) is 0.781. The third kappa shape index (κ3) is 3.56. The number of nitrogens with zero attached hydrogens (tertiary/aromatic N) is 6. The van der Waals surface area contributed by atoms with Crippen LogP contribution in [0.5, 0.6) is 0 Å². The van der Waals surface area contributed by atoms with Gasteiger partial charge in [0.15, 0.2) is 0 Å². The van der Waals surface area contributed by atoms with Crippen LogP contribution >= 0.6 is 0 Å². The van der Waals surface area contributed by atoms with Gasteiger partial charge in [0.25, 0.3) is 5.92 Å². The predicted octanol–water partition coefficient (Wildman–Crippen LogP) is 1.65. The molecule has 4 rings (SSSR count). The molecule has 0 radical (unpaired) electrons. The molecule has 1 N–H and O–H groups in total. The molecule has 1 saturated carbocycles. The van der Waals surface area contributed by atoms with Crippen molar-refractivity contribution in [3.05, 3.63) is 24.7 Å². The molecule has 2 aromatic heterocycles. The number of hydrogen-bond donors (Lipinski definition) is 1. The second-order valence-corrected chi connectivity index (χ2v) is 7.11. The minimum Gasteiger partial charge on any atom is -0.353 e. The maximum Gasteiger partial charge on any atom is 0.260 e. The Labute approximate surface area is 155 Å². The molecule has 3 heterocycles. The molecule has 1 aliphatic carbocycles. The highest BCUT2D eigenvalue weighted by Gasteiger charge is 2.62. The van der Waals surface area contributed by atoms with E-state index in [-0.39, 0.29) is 12.5 Å². The van der Waals surface area contributed by atoms with Crippen molar-refractivity contribution >= 4 is 23.4 Å². The number of amides is 1. The molecule has 1 saturated heterocycles. The number of hydrogen-bond acceptors (Lipinski definition) is 6. The zero-order valence-corrected chi connectivity index (χ0v) is 15.1. The summed E-state index contributed by atoms with van der Waals surface area (Å²) in [4.78, 5) is 24.6. The van der Waals surface area contributed by atoms with Crippen LogP contribution in [-0.2, 0) is 11.8 Å². The molecular formula is C17H21F2N7O. The molecule has 27 heavy (non-hydrogen) atoms. The van der Waals surface area contributed by atoms with Gasteiger partial charge in [0.05, 0.1) is 11.9 Å². The van der Waals surface area contributed by atoms with Gasteiger partial charge in [0.1, 0.15) is 11.7 Å². The zero-order valence-electron chi connectivity index (χ0n) is 15.1. The Morgan fingerprint density at radius 1 is 1.37 bits per heavy atom. The van der Waals surface area contributed by atoms with E-state index in [9.17, 15) is 13.6 Å². The highest BCUT2D eigenvalue weighted by Crippen LogP contribution is 2.49. The molecule has 10 heteroatoms. The van der Waals surface area contributed by atoms with Crippen LogP contribution in [0.4, 0.5) is 26.2 Å². The van der Waals surface area contributed by atoms with E-state index >= 15 is 0 Å². The Hall–Kier alpha value is -2.78. The summed E-state index contributed by atoms with van der Waals surface area (Å²) in [6, 6.07) is 1.64. The lowest BCUT2D eigenvalue weighted by molar-refractivity contribution is -0.137. The molecule has 0 bridgehead atoms. The Kier molecular flexibility index (Phi) is 4.20. The van der Waals surface area contributed by atoms with Crippen LogP contribution in [0, 0.1) is 5.92 Å². The minimum atomic E-state index is -2.83. The lowest BCUT2D eigenvalue weighted by Crippen LogP contribution is -2.55. The smallest absolute Gasteiger partial charge is 0.260 e. The van der Waals surface area contributed by atoms with Crippen LogP contribution in [-0.4, -0.2) is 62.2 Å². The standard InChI is InChI=1S/C17H21F2N7O/c1-11-9-25(5-6-26(11)15(27)13-7-17(13,18)19)14-3-4-20-16(23-14)22-12-8-21-24(2)10-12/h3-4,8,10-11,13H,5-7,9H2,1-2H3,(H,20,22,23)/t11-,13?/m0/s1.